The van der Waals surface area contributed by atoms with E-state index in [-0.39, 0.29) is 16.5 Å². The van der Waals surface area contributed by atoms with Crippen molar-refractivity contribution >= 4 is 17.5 Å². The van der Waals surface area contributed by atoms with E-state index in [1.165, 1.54) is 13.0 Å². The van der Waals surface area contributed by atoms with Gasteiger partial charge in [-0.25, -0.2) is 8.78 Å². The molecule has 0 radical (unpaired) electrons. The number of carbonyl (C=O) groups excluding carboxylic acids is 1. The zero-order valence-corrected chi connectivity index (χ0v) is 12.1. The maximum Gasteiger partial charge on any atom is 0.254 e. The van der Waals surface area contributed by atoms with Crippen molar-refractivity contribution in [2.24, 2.45) is 5.92 Å². The lowest BCUT2D eigenvalue weighted by atomic mass is 9.89. The Morgan fingerprint density at radius 3 is 2.55 bits per heavy atom. The molecule has 1 aromatic carbocycles. The molecule has 1 amide bonds. The first-order valence-electron chi connectivity index (χ1n) is 6.85. The van der Waals surface area contributed by atoms with Crippen molar-refractivity contribution in [3.05, 3.63) is 34.9 Å². The Labute approximate surface area is 122 Å². The van der Waals surface area contributed by atoms with Crippen LogP contribution >= 0.6 is 11.6 Å². The third kappa shape index (κ3) is 3.69. The summed E-state index contributed by atoms with van der Waals surface area (Å²) in [6.45, 7) is 2.02. The van der Waals surface area contributed by atoms with E-state index < -0.39 is 17.5 Å². The Balaban J connectivity index is 1.93. The van der Waals surface area contributed by atoms with Crippen molar-refractivity contribution in [3.63, 3.8) is 0 Å². The number of benzene rings is 1. The molecule has 0 saturated heterocycles. The van der Waals surface area contributed by atoms with Gasteiger partial charge in [0.2, 0.25) is 0 Å². The second-order valence-corrected chi connectivity index (χ2v) is 6.03. The molecule has 1 aliphatic rings. The van der Waals surface area contributed by atoms with E-state index in [9.17, 15) is 13.6 Å². The Kier molecular flexibility index (Phi) is 4.97. The van der Waals surface area contributed by atoms with Gasteiger partial charge in [-0.05, 0) is 50.2 Å². The summed E-state index contributed by atoms with van der Waals surface area (Å²) in [6.07, 6.45) is 3.84. The monoisotopic (exact) mass is 301 g/mol. The van der Waals surface area contributed by atoms with Gasteiger partial charge in [-0.1, -0.05) is 0 Å². The summed E-state index contributed by atoms with van der Waals surface area (Å²) in [5.41, 5.74) is 0.161. The van der Waals surface area contributed by atoms with Crippen LogP contribution in [0.15, 0.2) is 12.1 Å². The summed E-state index contributed by atoms with van der Waals surface area (Å²) in [5, 5.41) is 2.96. The third-order valence-electron chi connectivity index (χ3n) is 3.82. The van der Waals surface area contributed by atoms with E-state index >= 15 is 0 Å². The van der Waals surface area contributed by atoms with E-state index in [4.69, 9.17) is 11.6 Å². The summed E-state index contributed by atoms with van der Waals surface area (Å²) in [4.78, 5) is 11.9. The third-order valence-corrected chi connectivity index (χ3v) is 4.26. The molecule has 1 saturated carbocycles. The lowest BCUT2D eigenvalue weighted by Crippen LogP contribution is -2.32. The maximum absolute atomic E-state index is 13.6. The highest BCUT2D eigenvalue weighted by Gasteiger charge is 2.21. The van der Waals surface area contributed by atoms with E-state index in [0.717, 1.165) is 31.7 Å². The summed E-state index contributed by atoms with van der Waals surface area (Å²) in [7, 11) is 0. The van der Waals surface area contributed by atoms with Crippen molar-refractivity contribution in [2.45, 2.75) is 38.0 Å². The molecule has 2 rings (SSSR count). The normalized spacial score (nSPS) is 22.6. The quantitative estimate of drug-likeness (QED) is 0.845. The zero-order valence-electron chi connectivity index (χ0n) is 11.4. The smallest absolute Gasteiger partial charge is 0.254 e. The van der Waals surface area contributed by atoms with Crippen LogP contribution < -0.4 is 5.32 Å². The van der Waals surface area contributed by atoms with E-state index in [2.05, 4.69) is 5.32 Å². The molecule has 20 heavy (non-hydrogen) atoms. The van der Waals surface area contributed by atoms with Crippen molar-refractivity contribution in [1.29, 1.82) is 0 Å². The van der Waals surface area contributed by atoms with Crippen LogP contribution in [-0.2, 0) is 0 Å². The van der Waals surface area contributed by atoms with Gasteiger partial charge in [-0.15, -0.1) is 11.6 Å². The van der Waals surface area contributed by atoms with Gasteiger partial charge in [-0.3, -0.25) is 4.79 Å². The molecular weight excluding hydrogens is 284 g/mol. The molecule has 110 valence electrons. The minimum atomic E-state index is -0.824. The number of halogens is 3. The molecule has 0 atom stereocenters. The van der Waals surface area contributed by atoms with Crippen LogP contribution in [0.2, 0.25) is 0 Å². The molecule has 5 heteroatoms. The van der Waals surface area contributed by atoms with Gasteiger partial charge in [0.1, 0.15) is 11.6 Å². The molecular formula is C15H18ClF2NO. The fraction of sp³-hybridized carbons (Fsp3) is 0.533. The zero-order chi connectivity index (χ0) is 14.7. The number of alkyl halides is 1. The highest BCUT2D eigenvalue weighted by Crippen LogP contribution is 2.27. The number of hydrogen-bond acceptors (Lipinski definition) is 1. The summed E-state index contributed by atoms with van der Waals surface area (Å²) in [6, 6.07) is 2.00. The molecule has 0 heterocycles. The van der Waals surface area contributed by atoms with Crippen LogP contribution in [-0.4, -0.2) is 17.8 Å². The predicted octanol–water partition coefficient (Wildman–Crippen LogP) is 3.80. The predicted molar refractivity (Wildman–Crippen MR) is 75.0 cm³/mol. The van der Waals surface area contributed by atoms with Gasteiger partial charge in [0.25, 0.3) is 5.91 Å². The molecule has 0 aliphatic heterocycles. The Morgan fingerprint density at radius 2 is 1.90 bits per heavy atom. The second-order valence-electron chi connectivity index (χ2n) is 5.41. The average molecular weight is 302 g/mol. The lowest BCUT2D eigenvalue weighted by molar-refractivity contribution is 0.0939. The fourth-order valence-corrected chi connectivity index (χ4v) is 2.74. The molecule has 0 spiro atoms. The maximum atomic E-state index is 13.6. The highest BCUT2D eigenvalue weighted by molar-refractivity contribution is 6.20. The van der Waals surface area contributed by atoms with Gasteiger partial charge in [0.05, 0.1) is 5.56 Å². The van der Waals surface area contributed by atoms with Gasteiger partial charge < -0.3 is 5.32 Å². The highest BCUT2D eigenvalue weighted by atomic mass is 35.5. The SMILES string of the molecule is Cc1cc(C(=O)NCC2CCC(Cl)CC2)c(F)cc1F. The van der Waals surface area contributed by atoms with Gasteiger partial charge in [0, 0.05) is 18.0 Å². The standard InChI is InChI=1S/C15H18ClF2NO/c1-9-6-12(14(18)7-13(9)17)15(20)19-8-10-2-4-11(16)5-3-10/h6-7,10-11H,2-5,8H2,1H3,(H,19,20). The van der Waals surface area contributed by atoms with Gasteiger partial charge in [0.15, 0.2) is 0 Å². The topological polar surface area (TPSA) is 29.1 Å². The first-order chi connectivity index (χ1) is 9.47. The number of carbonyl (C=O) groups is 1. The van der Waals surface area contributed by atoms with Crippen LogP contribution in [0.5, 0.6) is 0 Å². The Morgan fingerprint density at radius 1 is 1.25 bits per heavy atom. The molecule has 1 aromatic rings. The fourth-order valence-electron chi connectivity index (χ4n) is 2.49. The van der Waals surface area contributed by atoms with E-state index in [1.54, 1.807) is 0 Å². The molecule has 1 aliphatic carbocycles. The number of nitrogens with one attached hydrogen (secondary N) is 1. The van der Waals surface area contributed by atoms with Gasteiger partial charge in [-0.2, -0.15) is 0 Å². The van der Waals surface area contributed by atoms with Crippen LogP contribution in [0.1, 0.15) is 41.6 Å². The largest absolute Gasteiger partial charge is 0.352 e. The van der Waals surface area contributed by atoms with Crippen molar-refractivity contribution in [2.75, 3.05) is 6.54 Å². The van der Waals surface area contributed by atoms with Crippen molar-refractivity contribution in [3.8, 4) is 0 Å². The van der Waals surface area contributed by atoms with Crippen molar-refractivity contribution < 1.29 is 13.6 Å². The first kappa shape index (κ1) is 15.2. The van der Waals surface area contributed by atoms with Gasteiger partial charge >= 0.3 is 0 Å². The number of aryl methyl sites for hydroxylation is 1. The van der Waals surface area contributed by atoms with Crippen LogP contribution in [0.25, 0.3) is 0 Å². The van der Waals surface area contributed by atoms with Crippen LogP contribution in [0.4, 0.5) is 8.78 Å². The average Bonchev–Trinajstić information content (AvgIpc) is 2.42. The molecule has 0 bridgehead atoms. The summed E-state index contributed by atoms with van der Waals surface area (Å²) < 4.78 is 26.7. The van der Waals surface area contributed by atoms with E-state index in [1.807, 2.05) is 0 Å². The lowest BCUT2D eigenvalue weighted by Gasteiger charge is -2.25. The first-order valence-corrected chi connectivity index (χ1v) is 7.29. The van der Waals surface area contributed by atoms with E-state index in [0.29, 0.717) is 12.5 Å². The Bertz CT molecular complexity index is 499. The van der Waals surface area contributed by atoms with Crippen molar-refractivity contribution in [1.82, 2.24) is 5.32 Å². The minimum Gasteiger partial charge on any atom is -0.352 e. The molecule has 1 N–H and O–H groups in total. The number of rotatable bonds is 3. The van der Waals surface area contributed by atoms with Crippen LogP contribution in [0.3, 0.4) is 0 Å². The molecule has 0 aromatic heterocycles. The minimum absolute atomic E-state index is 0.102. The molecule has 0 unspecified atom stereocenters. The number of hydrogen-bond donors (Lipinski definition) is 1. The summed E-state index contributed by atoms with van der Waals surface area (Å²) >= 11 is 6.02. The number of amides is 1. The Hall–Kier alpha value is -1.16. The molecule has 1 fully saturated rings. The summed E-state index contributed by atoms with van der Waals surface area (Å²) in [5.74, 6) is -1.56. The van der Waals surface area contributed by atoms with Crippen LogP contribution in [0, 0.1) is 24.5 Å². The molecule has 2 nitrogen and oxygen atoms in total. The second kappa shape index (κ2) is 6.53.